The molecule has 8 heteroatoms. The van der Waals surface area contributed by atoms with Crippen molar-refractivity contribution in [3.8, 4) is 6.07 Å². The van der Waals surface area contributed by atoms with Crippen LogP contribution in [0.15, 0.2) is 48.5 Å². The number of amides is 1. The maximum absolute atomic E-state index is 12.8. The number of nitriles is 1. The largest absolute Gasteiger partial charge is 0.372 e. The van der Waals surface area contributed by atoms with Gasteiger partial charge in [-0.15, -0.1) is 0 Å². The van der Waals surface area contributed by atoms with E-state index in [-0.39, 0.29) is 6.04 Å². The third-order valence-electron chi connectivity index (χ3n) is 5.83. The number of sulfonamides is 1. The van der Waals surface area contributed by atoms with Crippen molar-refractivity contribution < 1.29 is 13.2 Å². The molecule has 1 aliphatic rings. The van der Waals surface area contributed by atoms with Crippen molar-refractivity contribution in [3.63, 3.8) is 0 Å². The van der Waals surface area contributed by atoms with Crippen molar-refractivity contribution in [1.82, 2.24) is 4.90 Å². The molecule has 0 radical (unpaired) electrons. The minimum atomic E-state index is -3.85. The first-order chi connectivity index (χ1) is 15.3. The molecule has 1 unspecified atom stereocenters. The molecule has 0 bridgehead atoms. The topological polar surface area (TPSA) is 93.5 Å². The summed E-state index contributed by atoms with van der Waals surface area (Å²) in [5.41, 5.74) is 2.91. The Morgan fingerprint density at radius 3 is 2.28 bits per heavy atom. The standard InChI is InChI=1S/C24H30N4O3S/c1-3-28(19(2)21-9-7-20(17-25)8-10-21)24(29)18-32(30,31)26-22-11-13-23(14-12-22)27-15-5-4-6-16-27/h7-14,19,26H,3-6,15-16,18H2,1-2H3. The first-order valence-corrected chi connectivity index (χ1v) is 12.6. The normalized spacial score (nSPS) is 15.0. The second kappa shape index (κ2) is 10.5. The predicted molar refractivity (Wildman–Crippen MR) is 127 cm³/mol. The van der Waals surface area contributed by atoms with Crippen molar-refractivity contribution in [2.24, 2.45) is 0 Å². The van der Waals surface area contributed by atoms with E-state index in [4.69, 9.17) is 5.26 Å². The fourth-order valence-electron chi connectivity index (χ4n) is 4.04. The number of carbonyl (C=O) groups excluding carboxylic acids is 1. The molecule has 0 spiro atoms. The van der Waals surface area contributed by atoms with Gasteiger partial charge in [0.25, 0.3) is 0 Å². The average molecular weight is 455 g/mol. The van der Waals surface area contributed by atoms with E-state index < -0.39 is 21.7 Å². The van der Waals surface area contributed by atoms with Crippen molar-refractivity contribution in [1.29, 1.82) is 5.26 Å². The van der Waals surface area contributed by atoms with Crippen molar-refractivity contribution in [2.45, 2.75) is 39.2 Å². The van der Waals surface area contributed by atoms with Crippen molar-refractivity contribution in [2.75, 3.05) is 35.0 Å². The molecule has 7 nitrogen and oxygen atoms in total. The van der Waals surface area contributed by atoms with E-state index in [9.17, 15) is 13.2 Å². The second-order valence-electron chi connectivity index (χ2n) is 8.05. The Kier molecular flexibility index (Phi) is 7.75. The SMILES string of the molecule is CCN(C(=O)CS(=O)(=O)Nc1ccc(N2CCCCC2)cc1)C(C)c1ccc(C#N)cc1. The minimum Gasteiger partial charge on any atom is -0.372 e. The summed E-state index contributed by atoms with van der Waals surface area (Å²) in [7, 11) is -3.85. The zero-order chi connectivity index (χ0) is 23.1. The molecular weight excluding hydrogens is 424 g/mol. The molecule has 1 N–H and O–H groups in total. The van der Waals surface area contributed by atoms with Gasteiger partial charge in [0.15, 0.2) is 0 Å². The molecule has 3 rings (SSSR count). The molecule has 2 aromatic carbocycles. The molecule has 32 heavy (non-hydrogen) atoms. The van der Waals surface area contributed by atoms with Gasteiger partial charge in [-0.05, 0) is 75.1 Å². The maximum Gasteiger partial charge on any atom is 0.241 e. The number of nitrogens with one attached hydrogen (secondary N) is 1. The van der Waals surface area contributed by atoms with Crippen molar-refractivity contribution >= 4 is 27.3 Å². The first-order valence-electron chi connectivity index (χ1n) is 11.0. The highest BCUT2D eigenvalue weighted by molar-refractivity contribution is 7.93. The number of benzene rings is 2. The Hall–Kier alpha value is -3.05. The highest BCUT2D eigenvalue weighted by Gasteiger charge is 2.25. The molecule has 1 saturated heterocycles. The lowest BCUT2D eigenvalue weighted by atomic mass is 10.1. The Morgan fingerprint density at radius 2 is 1.72 bits per heavy atom. The number of piperidine rings is 1. The van der Waals surface area contributed by atoms with E-state index in [1.54, 1.807) is 36.4 Å². The molecule has 170 valence electrons. The summed E-state index contributed by atoms with van der Waals surface area (Å²) in [6.45, 7) is 6.08. The van der Waals surface area contributed by atoms with Gasteiger partial charge in [-0.3, -0.25) is 9.52 Å². The number of anilines is 2. The molecule has 1 atom stereocenters. The molecule has 0 aromatic heterocycles. The van der Waals surface area contributed by atoms with E-state index in [0.29, 0.717) is 17.8 Å². The van der Waals surface area contributed by atoms with Crippen LogP contribution in [0.3, 0.4) is 0 Å². The Morgan fingerprint density at radius 1 is 1.09 bits per heavy atom. The van der Waals surface area contributed by atoms with Crippen LogP contribution < -0.4 is 9.62 Å². The van der Waals surface area contributed by atoms with Crippen LogP contribution in [0.5, 0.6) is 0 Å². The van der Waals surface area contributed by atoms with Gasteiger partial charge in [-0.1, -0.05) is 12.1 Å². The quantitative estimate of drug-likeness (QED) is 0.653. The third-order valence-corrected chi connectivity index (χ3v) is 7.00. The predicted octanol–water partition coefficient (Wildman–Crippen LogP) is 3.90. The summed E-state index contributed by atoms with van der Waals surface area (Å²) in [5, 5.41) is 8.95. The number of rotatable bonds is 8. The summed E-state index contributed by atoms with van der Waals surface area (Å²) >= 11 is 0. The van der Waals surface area contributed by atoms with E-state index in [1.807, 2.05) is 26.0 Å². The molecule has 1 amide bonds. The Labute approximate surface area is 190 Å². The zero-order valence-corrected chi connectivity index (χ0v) is 19.4. The maximum atomic E-state index is 12.8. The number of hydrogen-bond acceptors (Lipinski definition) is 5. The molecular formula is C24H30N4O3S. The van der Waals surface area contributed by atoms with Crippen LogP contribution in [0.1, 0.15) is 50.3 Å². The second-order valence-corrected chi connectivity index (χ2v) is 9.77. The van der Waals surface area contributed by atoms with Crippen LogP contribution in [-0.4, -0.2) is 44.6 Å². The first kappa shape index (κ1) is 23.6. The van der Waals surface area contributed by atoms with Crippen LogP contribution in [-0.2, 0) is 14.8 Å². The smallest absolute Gasteiger partial charge is 0.241 e. The van der Waals surface area contributed by atoms with E-state index in [1.165, 1.54) is 24.2 Å². The summed E-state index contributed by atoms with van der Waals surface area (Å²) in [6, 6.07) is 16.0. The highest BCUT2D eigenvalue weighted by atomic mass is 32.2. The van der Waals surface area contributed by atoms with Crippen molar-refractivity contribution in [3.05, 3.63) is 59.7 Å². The van der Waals surface area contributed by atoms with Gasteiger partial charge in [0, 0.05) is 31.0 Å². The fourth-order valence-corrected chi connectivity index (χ4v) is 5.09. The van der Waals surface area contributed by atoms with Gasteiger partial charge in [-0.2, -0.15) is 5.26 Å². The number of hydrogen-bond donors (Lipinski definition) is 1. The van der Waals surface area contributed by atoms with Gasteiger partial charge in [0.05, 0.1) is 17.7 Å². The van der Waals surface area contributed by atoms with Gasteiger partial charge in [0.1, 0.15) is 5.75 Å². The average Bonchev–Trinajstić information content (AvgIpc) is 2.80. The van der Waals surface area contributed by atoms with Gasteiger partial charge < -0.3 is 9.80 Å². The van der Waals surface area contributed by atoms with E-state index >= 15 is 0 Å². The molecule has 1 heterocycles. The monoisotopic (exact) mass is 454 g/mol. The lowest BCUT2D eigenvalue weighted by molar-refractivity contribution is -0.130. The molecule has 1 fully saturated rings. The van der Waals surface area contributed by atoms with Gasteiger partial charge in [-0.25, -0.2) is 8.42 Å². The number of carbonyl (C=O) groups is 1. The molecule has 0 saturated carbocycles. The van der Waals surface area contributed by atoms with Gasteiger partial charge >= 0.3 is 0 Å². The van der Waals surface area contributed by atoms with Crippen LogP contribution >= 0.6 is 0 Å². The van der Waals surface area contributed by atoms with E-state index in [0.717, 1.165) is 24.3 Å². The Balaban J connectivity index is 1.63. The lowest BCUT2D eigenvalue weighted by Crippen LogP contribution is -2.38. The van der Waals surface area contributed by atoms with Crippen LogP contribution in [0.2, 0.25) is 0 Å². The summed E-state index contributed by atoms with van der Waals surface area (Å²) < 4.78 is 27.8. The molecule has 2 aromatic rings. The summed E-state index contributed by atoms with van der Waals surface area (Å²) in [4.78, 5) is 16.7. The van der Waals surface area contributed by atoms with Crippen LogP contribution in [0.4, 0.5) is 11.4 Å². The lowest BCUT2D eigenvalue weighted by Gasteiger charge is -2.29. The Bertz CT molecular complexity index is 1050. The highest BCUT2D eigenvalue weighted by Crippen LogP contribution is 2.23. The molecule has 1 aliphatic heterocycles. The summed E-state index contributed by atoms with van der Waals surface area (Å²) in [6.07, 6.45) is 3.59. The third kappa shape index (κ3) is 6.01. The zero-order valence-electron chi connectivity index (χ0n) is 18.6. The fraction of sp³-hybridized carbons (Fsp3) is 0.417. The van der Waals surface area contributed by atoms with E-state index in [2.05, 4.69) is 15.7 Å². The van der Waals surface area contributed by atoms with Crippen LogP contribution in [0, 0.1) is 11.3 Å². The minimum absolute atomic E-state index is 0.306. The number of nitrogens with zero attached hydrogens (tertiary/aromatic N) is 3. The molecule has 0 aliphatic carbocycles. The van der Waals surface area contributed by atoms with Crippen LogP contribution in [0.25, 0.3) is 0 Å². The van der Waals surface area contributed by atoms with Gasteiger partial charge in [0.2, 0.25) is 15.9 Å². The summed E-state index contributed by atoms with van der Waals surface area (Å²) in [5.74, 6) is -1.10.